The zero-order valence-electron chi connectivity index (χ0n) is 12.9. The predicted octanol–water partition coefficient (Wildman–Crippen LogP) is -6.80. The molecule has 0 atom stereocenters. The molecular formula is C16H6Na2O6. The number of hydrogen-bond acceptors (Lipinski definition) is 6. The summed E-state index contributed by atoms with van der Waals surface area (Å²) in [7, 11) is 0. The molecule has 0 N–H and O–H groups in total. The van der Waals surface area contributed by atoms with E-state index in [4.69, 9.17) is 0 Å². The van der Waals surface area contributed by atoms with Crippen LogP contribution < -0.4 is 69.3 Å². The summed E-state index contributed by atoms with van der Waals surface area (Å²) in [5, 5.41) is 21.7. The molecule has 0 saturated carbocycles. The van der Waals surface area contributed by atoms with Crippen molar-refractivity contribution in [2.24, 2.45) is 0 Å². The molecule has 24 heavy (non-hydrogen) atoms. The maximum Gasteiger partial charge on any atom is 1.00 e. The van der Waals surface area contributed by atoms with Gasteiger partial charge in [0.1, 0.15) is 0 Å². The Kier molecular flexibility index (Phi) is 6.69. The first-order valence-electron chi connectivity index (χ1n) is 6.20. The second-order valence-electron chi connectivity index (χ2n) is 4.75. The van der Waals surface area contributed by atoms with Crippen LogP contribution in [0.1, 0.15) is 52.6 Å². The van der Waals surface area contributed by atoms with Crippen LogP contribution in [0.5, 0.6) is 0 Å². The van der Waals surface area contributed by atoms with E-state index in [1.165, 1.54) is 12.1 Å². The SMILES string of the molecule is O=C([O-])c1ccc2c(c1)C(=O)c1ccc(C(=O)[O-])cc1C2=O.[Na+].[Na+]. The van der Waals surface area contributed by atoms with Gasteiger partial charge < -0.3 is 19.8 Å². The summed E-state index contributed by atoms with van der Waals surface area (Å²) in [5.74, 6) is -4.00. The first-order chi connectivity index (χ1) is 10.4. The van der Waals surface area contributed by atoms with Gasteiger partial charge in [-0.3, -0.25) is 9.59 Å². The van der Waals surface area contributed by atoms with E-state index < -0.39 is 23.5 Å². The average Bonchev–Trinajstić information content (AvgIpc) is 2.51. The molecule has 8 heteroatoms. The Labute approximate surface area is 180 Å². The van der Waals surface area contributed by atoms with E-state index in [9.17, 15) is 29.4 Å². The number of ketones is 2. The van der Waals surface area contributed by atoms with Crippen molar-refractivity contribution in [3.63, 3.8) is 0 Å². The van der Waals surface area contributed by atoms with Gasteiger partial charge in [-0.2, -0.15) is 0 Å². The van der Waals surface area contributed by atoms with Crippen LogP contribution in [0.25, 0.3) is 0 Å². The van der Waals surface area contributed by atoms with E-state index in [0.717, 1.165) is 24.3 Å². The third-order valence-electron chi connectivity index (χ3n) is 3.49. The zero-order valence-corrected chi connectivity index (χ0v) is 16.9. The quantitative estimate of drug-likeness (QED) is 0.428. The molecule has 0 spiro atoms. The van der Waals surface area contributed by atoms with Crippen molar-refractivity contribution in [1.82, 2.24) is 0 Å². The zero-order chi connectivity index (χ0) is 16.0. The minimum absolute atomic E-state index is 0. The number of carboxylic acid groups (broad SMARTS) is 2. The first kappa shape index (κ1) is 20.8. The van der Waals surface area contributed by atoms with Crippen molar-refractivity contribution in [3.8, 4) is 0 Å². The molecule has 3 rings (SSSR count). The molecule has 0 amide bonds. The summed E-state index contributed by atoms with van der Waals surface area (Å²) < 4.78 is 0. The second kappa shape index (κ2) is 7.74. The number of benzene rings is 2. The van der Waals surface area contributed by atoms with Crippen molar-refractivity contribution in [2.75, 3.05) is 0 Å². The molecule has 0 bridgehead atoms. The minimum Gasteiger partial charge on any atom is -0.545 e. The van der Waals surface area contributed by atoms with Gasteiger partial charge >= 0.3 is 59.1 Å². The van der Waals surface area contributed by atoms with Gasteiger partial charge in [-0.15, -0.1) is 0 Å². The van der Waals surface area contributed by atoms with Crippen molar-refractivity contribution >= 4 is 23.5 Å². The Balaban J connectivity index is 0.00000144. The van der Waals surface area contributed by atoms with E-state index in [0.29, 0.717) is 0 Å². The molecule has 1 aliphatic rings. The van der Waals surface area contributed by atoms with Gasteiger partial charge in [-0.05, 0) is 35.4 Å². The third-order valence-corrected chi connectivity index (χ3v) is 3.49. The van der Waals surface area contributed by atoms with Gasteiger partial charge in [-0.25, -0.2) is 0 Å². The number of fused-ring (bicyclic) bond motifs is 2. The summed E-state index contributed by atoms with van der Waals surface area (Å²) in [5.41, 5.74) is -0.457. The van der Waals surface area contributed by atoms with Gasteiger partial charge in [0.25, 0.3) is 0 Å². The molecule has 0 unspecified atom stereocenters. The molecule has 0 saturated heterocycles. The summed E-state index contributed by atoms with van der Waals surface area (Å²) >= 11 is 0. The Morgan fingerprint density at radius 3 is 1.25 bits per heavy atom. The summed E-state index contributed by atoms with van der Waals surface area (Å²) in [6.45, 7) is 0. The minimum atomic E-state index is -1.46. The number of carbonyl (C=O) groups is 4. The normalized spacial score (nSPS) is 11.5. The fourth-order valence-corrected chi connectivity index (χ4v) is 2.40. The fourth-order valence-electron chi connectivity index (χ4n) is 2.40. The van der Waals surface area contributed by atoms with Crippen molar-refractivity contribution in [1.29, 1.82) is 0 Å². The van der Waals surface area contributed by atoms with Gasteiger partial charge in [0.2, 0.25) is 0 Å². The standard InChI is InChI=1S/C16H8O6.2Na/c17-13-9-3-1-7(15(19)20)5-11(9)14(18)10-4-2-8(16(21)22)6-12(10)13;;/h1-6H,(H,19,20)(H,21,22);;/q;2*+1/p-2. The Morgan fingerprint density at radius 2 is 0.958 bits per heavy atom. The molecule has 0 heterocycles. The molecule has 1 aliphatic carbocycles. The average molecular weight is 340 g/mol. The smallest absolute Gasteiger partial charge is 0.545 e. The van der Waals surface area contributed by atoms with Crippen LogP contribution in [0.2, 0.25) is 0 Å². The van der Waals surface area contributed by atoms with E-state index in [2.05, 4.69) is 0 Å². The Morgan fingerprint density at radius 1 is 0.625 bits per heavy atom. The molecule has 0 fully saturated rings. The third kappa shape index (κ3) is 3.39. The molecule has 6 nitrogen and oxygen atoms in total. The van der Waals surface area contributed by atoms with E-state index in [1.54, 1.807) is 0 Å². The van der Waals surface area contributed by atoms with Crippen LogP contribution >= 0.6 is 0 Å². The summed E-state index contributed by atoms with van der Waals surface area (Å²) in [6.07, 6.45) is 0. The van der Waals surface area contributed by atoms with E-state index >= 15 is 0 Å². The topological polar surface area (TPSA) is 114 Å². The molecule has 2 aromatic carbocycles. The largest absolute Gasteiger partial charge is 1.00 e. The first-order valence-corrected chi connectivity index (χ1v) is 6.20. The van der Waals surface area contributed by atoms with Crippen LogP contribution in [0, 0.1) is 0 Å². The molecular weight excluding hydrogens is 334 g/mol. The van der Waals surface area contributed by atoms with Crippen LogP contribution in [-0.4, -0.2) is 23.5 Å². The number of aromatic carboxylic acids is 2. The molecule has 0 radical (unpaired) electrons. The van der Waals surface area contributed by atoms with Crippen LogP contribution in [0.4, 0.5) is 0 Å². The van der Waals surface area contributed by atoms with Gasteiger partial charge in [0.15, 0.2) is 11.6 Å². The maximum atomic E-state index is 12.4. The Bertz CT molecular complexity index is 815. The van der Waals surface area contributed by atoms with Gasteiger partial charge in [-0.1, -0.05) is 12.1 Å². The number of carbonyl (C=O) groups excluding carboxylic acids is 4. The van der Waals surface area contributed by atoms with E-state index in [-0.39, 0.29) is 92.5 Å². The van der Waals surface area contributed by atoms with Crippen molar-refractivity contribution in [3.05, 3.63) is 69.8 Å². The predicted molar refractivity (Wildman–Crippen MR) is 68.4 cm³/mol. The van der Waals surface area contributed by atoms with Crippen LogP contribution in [0.15, 0.2) is 36.4 Å². The van der Waals surface area contributed by atoms with Gasteiger partial charge in [0.05, 0.1) is 11.9 Å². The molecule has 0 aliphatic heterocycles. The summed E-state index contributed by atoms with van der Waals surface area (Å²) in [6, 6.07) is 6.92. The molecule has 0 aromatic heterocycles. The number of rotatable bonds is 2. The van der Waals surface area contributed by atoms with Gasteiger partial charge in [0, 0.05) is 22.3 Å². The van der Waals surface area contributed by atoms with Crippen molar-refractivity contribution in [2.45, 2.75) is 0 Å². The van der Waals surface area contributed by atoms with Crippen molar-refractivity contribution < 1.29 is 88.5 Å². The monoisotopic (exact) mass is 340 g/mol. The number of hydrogen-bond donors (Lipinski definition) is 0. The maximum absolute atomic E-state index is 12.4. The van der Waals surface area contributed by atoms with Crippen LogP contribution in [0.3, 0.4) is 0 Å². The van der Waals surface area contributed by atoms with E-state index in [1.807, 2.05) is 0 Å². The molecule has 108 valence electrons. The number of carboxylic acids is 2. The fraction of sp³-hybridized carbons (Fsp3) is 0. The summed E-state index contributed by atoms with van der Waals surface area (Å²) in [4.78, 5) is 46.5. The van der Waals surface area contributed by atoms with Crippen LogP contribution in [-0.2, 0) is 0 Å². The molecule has 2 aromatic rings. The second-order valence-corrected chi connectivity index (χ2v) is 4.75. The Hall–Kier alpha value is -1.28.